The zero-order chi connectivity index (χ0) is 10.7. The Hall–Kier alpha value is -1.19. The van der Waals surface area contributed by atoms with Crippen molar-refractivity contribution in [1.29, 1.82) is 0 Å². The number of nitrogens with two attached hydrogens (primary N) is 1. The van der Waals surface area contributed by atoms with Crippen LogP contribution >= 0.6 is 11.3 Å². The van der Waals surface area contributed by atoms with Crippen LogP contribution in [0.2, 0.25) is 0 Å². The van der Waals surface area contributed by atoms with E-state index in [0.29, 0.717) is 6.54 Å². The van der Waals surface area contributed by atoms with E-state index >= 15 is 0 Å². The lowest BCUT2D eigenvalue weighted by Crippen LogP contribution is -1.96. The highest BCUT2D eigenvalue weighted by Gasteiger charge is 2.06. The van der Waals surface area contributed by atoms with Crippen molar-refractivity contribution in [3.63, 3.8) is 0 Å². The Morgan fingerprint density at radius 3 is 2.80 bits per heavy atom. The smallest absolute Gasteiger partial charge is 0.123 e. The molecule has 0 spiro atoms. The Bertz CT molecular complexity index is 448. The molecule has 1 aromatic carbocycles. The SMILES string of the molecule is CCc1ccccc1-c1nc(CN)cs1. The summed E-state index contributed by atoms with van der Waals surface area (Å²) < 4.78 is 0. The van der Waals surface area contributed by atoms with Gasteiger partial charge < -0.3 is 5.73 Å². The Morgan fingerprint density at radius 1 is 1.33 bits per heavy atom. The van der Waals surface area contributed by atoms with Gasteiger partial charge in [-0.05, 0) is 12.0 Å². The van der Waals surface area contributed by atoms with E-state index in [4.69, 9.17) is 5.73 Å². The third-order valence-corrected chi connectivity index (χ3v) is 3.31. The van der Waals surface area contributed by atoms with E-state index in [1.807, 2.05) is 5.38 Å². The highest BCUT2D eigenvalue weighted by atomic mass is 32.1. The summed E-state index contributed by atoms with van der Waals surface area (Å²) in [7, 11) is 0. The molecule has 0 saturated heterocycles. The first-order valence-electron chi connectivity index (χ1n) is 5.08. The van der Waals surface area contributed by atoms with Crippen LogP contribution in [-0.2, 0) is 13.0 Å². The summed E-state index contributed by atoms with van der Waals surface area (Å²) in [4.78, 5) is 4.50. The molecule has 3 heteroatoms. The fraction of sp³-hybridized carbons (Fsp3) is 0.250. The van der Waals surface area contributed by atoms with Crippen molar-refractivity contribution in [2.75, 3.05) is 0 Å². The molecule has 0 bridgehead atoms. The molecule has 1 aromatic heterocycles. The van der Waals surface area contributed by atoms with Crippen LogP contribution in [0.5, 0.6) is 0 Å². The molecule has 2 aromatic rings. The lowest BCUT2D eigenvalue weighted by atomic mass is 10.1. The van der Waals surface area contributed by atoms with Gasteiger partial charge in [0.2, 0.25) is 0 Å². The van der Waals surface area contributed by atoms with Crippen molar-refractivity contribution in [3.8, 4) is 10.6 Å². The van der Waals surface area contributed by atoms with Crippen LogP contribution in [0.15, 0.2) is 29.6 Å². The summed E-state index contributed by atoms with van der Waals surface area (Å²) in [5, 5.41) is 3.11. The monoisotopic (exact) mass is 218 g/mol. The number of benzene rings is 1. The van der Waals surface area contributed by atoms with Crippen LogP contribution in [0, 0.1) is 0 Å². The molecular formula is C12H14N2S. The maximum absolute atomic E-state index is 5.56. The summed E-state index contributed by atoms with van der Waals surface area (Å²) in [6.07, 6.45) is 1.04. The van der Waals surface area contributed by atoms with Crippen molar-refractivity contribution >= 4 is 11.3 Å². The first-order chi connectivity index (χ1) is 7.35. The minimum Gasteiger partial charge on any atom is -0.325 e. The fourth-order valence-electron chi connectivity index (χ4n) is 1.56. The quantitative estimate of drug-likeness (QED) is 0.860. The van der Waals surface area contributed by atoms with Gasteiger partial charge in [0.15, 0.2) is 0 Å². The maximum atomic E-state index is 5.56. The van der Waals surface area contributed by atoms with Crippen LogP contribution in [-0.4, -0.2) is 4.98 Å². The number of hydrogen-bond acceptors (Lipinski definition) is 3. The van der Waals surface area contributed by atoms with Crippen molar-refractivity contribution in [1.82, 2.24) is 4.98 Å². The normalized spacial score (nSPS) is 10.5. The largest absolute Gasteiger partial charge is 0.325 e. The second kappa shape index (κ2) is 4.55. The maximum Gasteiger partial charge on any atom is 0.123 e. The molecule has 0 radical (unpaired) electrons. The van der Waals surface area contributed by atoms with E-state index in [-0.39, 0.29) is 0 Å². The van der Waals surface area contributed by atoms with Gasteiger partial charge in [0.25, 0.3) is 0 Å². The third kappa shape index (κ3) is 2.08. The molecule has 0 saturated carbocycles. The molecule has 0 aliphatic rings. The van der Waals surface area contributed by atoms with Gasteiger partial charge in [-0.15, -0.1) is 11.3 Å². The van der Waals surface area contributed by atoms with E-state index in [2.05, 4.69) is 36.2 Å². The molecule has 0 fully saturated rings. The zero-order valence-electron chi connectivity index (χ0n) is 8.73. The minimum atomic E-state index is 0.519. The van der Waals surface area contributed by atoms with Gasteiger partial charge in [0.05, 0.1) is 5.69 Å². The average Bonchev–Trinajstić information content (AvgIpc) is 2.77. The average molecular weight is 218 g/mol. The first kappa shape index (κ1) is 10.3. The van der Waals surface area contributed by atoms with Gasteiger partial charge in [-0.1, -0.05) is 31.2 Å². The second-order valence-corrected chi connectivity index (χ2v) is 4.22. The van der Waals surface area contributed by atoms with E-state index in [0.717, 1.165) is 17.1 Å². The molecule has 0 aliphatic carbocycles. The molecule has 15 heavy (non-hydrogen) atoms. The molecule has 2 N–H and O–H groups in total. The van der Waals surface area contributed by atoms with E-state index in [1.54, 1.807) is 11.3 Å². The van der Waals surface area contributed by atoms with Crippen LogP contribution in [0.4, 0.5) is 0 Å². The van der Waals surface area contributed by atoms with Crippen LogP contribution in [0.1, 0.15) is 18.2 Å². The third-order valence-electron chi connectivity index (χ3n) is 2.39. The highest BCUT2D eigenvalue weighted by Crippen LogP contribution is 2.27. The standard InChI is InChI=1S/C12H14N2S/c1-2-9-5-3-4-6-11(9)12-14-10(7-13)8-15-12/h3-6,8H,2,7,13H2,1H3. The van der Waals surface area contributed by atoms with E-state index in [1.165, 1.54) is 11.1 Å². The van der Waals surface area contributed by atoms with Gasteiger partial charge >= 0.3 is 0 Å². The first-order valence-corrected chi connectivity index (χ1v) is 5.96. The van der Waals surface area contributed by atoms with Gasteiger partial charge in [-0.2, -0.15) is 0 Å². The van der Waals surface area contributed by atoms with Gasteiger partial charge in [0, 0.05) is 17.5 Å². The number of aryl methyl sites for hydroxylation is 1. The van der Waals surface area contributed by atoms with Gasteiger partial charge in [-0.3, -0.25) is 0 Å². The molecule has 0 atom stereocenters. The summed E-state index contributed by atoms with van der Waals surface area (Å²) in [5.41, 5.74) is 9.11. The number of rotatable bonds is 3. The molecule has 78 valence electrons. The highest BCUT2D eigenvalue weighted by molar-refractivity contribution is 7.13. The molecule has 0 aliphatic heterocycles. The van der Waals surface area contributed by atoms with Crippen LogP contribution < -0.4 is 5.73 Å². The van der Waals surface area contributed by atoms with Gasteiger partial charge in [-0.25, -0.2) is 4.98 Å². The lowest BCUT2D eigenvalue weighted by molar-refractivity contribution is 1.01. The van der Waals surface area contributed by atoms with E-state index in [9.17, 15) is 0 Å². The zero-order valence-corrected chi connectivity index (χ0v) is 9.55. The Labute approximate surface area is 93.8 Å². The minimum absolute atomic E-state index is 0.519. The summed E-state index contributed by atoms with van der Waals surface area (Å²) in [6, 6.07) is 8.40. The topological polar surface area (TPSA) is 38.9 Å². The molecule has 0 amide bonds. The molecular weight excluding hydrogens is 204 g/mol. The summed E-state index contributed by atoms with van der Waals surface area (Å²) in [5.74, 6) is 0. The Morgan fingerprint density at radius 2 is 2.13 bits per heavy atom. The number of nitrogens with zero attached hydrogens (tertiary/aromatic N) is 1. The predicted molar refractivity (Wildman–Crippen MR) is 64.8 cm³/mol. The van der Waals surface area contributed by atoms with Gasteiger partial charge in [0.1, 0.15) is 5.01 Å². The van der Waals surface area contributed by atoms with Crippen LogP contribution in [0.3, 0.4) is 0 Å². The Balaban J connectivity index is 2.44. The van der Waals surface area contributed by atoms with E-state index < -0.39 is 0 Å². The number of aromatic nitrogens is 1. The van der Waals surface area contributed by atoms with Crippen molar-refractivity contribution < 1.29 is 0 Å². The van der Waals surface area contributed by atoms with Crippen molar-refractivity contribution in [2.24, 2.45) is 5.73 Å². The molecule has 2 rings (SSSR count). The molecule has 2 nitrogen and oxygen atoms in total. The molecule has 1 heterocycles. The summed E-state index contributed by atoms with van der Waals surface area (Å²) in [6.45, 7) is 2.68. The Kier molecular flexibility index (Phi) is 3.14. The lowest BCUT2D eigenvalue weighted by Gasteiger charge is -2.03. The van der Waals surface area contributed by atoms with Crippen molar-refractivity contribution in [2.45, 2.75) is 19.9 Å². The van der Waals surface area contributed by atoms with Crippen molar-refractivity contribution in [3.05, 3.63) is 40.9 Å². The fourth-order valence-corrected chi connectivity index (χ4v) is 2.45. The number of thiazole rings is 1. The molecule has 0 unspecified atom stereocenters. The second-order valence-electron chi connectivity index (χ2n) is 3.36. The summed E-state index contributed by atoms with van der Waals surface area (Å²) >= 11 is 1.67. The predicted octanol–water partition coefficient (Wildman–Crippen LogP) is 2.83. The van der Waals surface area contributed by atoms with Crippen LogP contribution in [0.25, 0.3) is 10.6 Å². The number of hydrogen-bond donors (Lipinski definition) is 1.